The third kappa shape index (κ3) is 3.01. The minimum Gasteiger partial charge on any atom is -0.456 e. The van der Waals surface area contributed by atoms with Gasteiger partial charge in [0.15, 0.2) is 0 Å². The molecular weight excluding hydrogens is 288 g/mol. The Bertz CT molecular complexity index is 708. The first-order valence-corrected chi connectivity index (χ1v) is 5.71. The molecule has 8 heteroatoms. The lowest BCUT2D eigenvalue weighted by molar-refractivity contribution is -0.401. The maximum Gasteiger partial charge on any atom is 0.281 e. The average molecular weight is 295 g/mol. The van der Waals surface area contributed by atoms with E-state index in [4.69, 9.17) is 16.0 Å². The Morgan fingerprint density at radius 2 is 1.90 bits per heavy atom. The monoisotopic (exact) mass is 294 g/mol. The van der Waals surface area contributed by atoms with Gasteiger partial charge in [0.05, 0.1) is 21.5 Å². The molecule has 0 atom stereocenters. The fourth-order valence-electron chi connectivity index (χ4n) is 1.59. The summed E-state index contributed by atoms with van der Waals surface area (Å²) in [7, 11) is 0. The lowest BCUT2D eigenvalue weighted by atomic mass is 10.1. The topological polar surface area (TPSA) is 99.4 Å². The van der Waals surface area contributed by atoms with Crippen LogP contribution in [0.25, 0.3) is 17.4 Å². The minimum absolute atomic E-state index is 0.198. The SMILES string of the molecule is O=[N+]([O-])/C=C\c1ccc(-c2ccc(Cl)cc2[N+](=O)[O-])o1. The van der Waals surface area contributed by atoms with Crippen molar-refractivity contribution in [1.29, 1.82) is 0 Å². The predicted octanol–water partition coefficient (Wildman–Crippen LogP) is 3.76. The molecule has 7 nitrogen and oxygen atoms in total. The molecule has 102 valence electrons. The van der Waals surface area contributed by atoms with Crippen molar-refractivity contribution >= 4 is 23.4 Å². The van der Waals surface area contributed by atoms with Gasteiger partial charge in [-0.15, -0.1) is 0 Å². The van der Waals surface area contributed by atoms with Crippen molar-refractivity contribution < 1.29 is 14.3 Å². The predicted molar refractivity (Wildman–Crippen MR) is 71.8 cm³/mol. The highest BCUT2D eigenvalue weighted by Gasteiger charge is 2.18. The van der Waals surface area contributed by atoms with Crippen LogP contribution in [0.1, 0.15) is 5.76 Å². The van der Waals surface area contributed by atoms with E-state index in [1.54, 1.807) is 0 Å². The quantitative estimate of drug-likeness (QED) is 0.631. The van der Waals surface area contributed by atoms with Gasteiger partial charge in [0.25, 0.3) is 5.69 Å². The van der Waals surface area contributed by atoms with E-state index in [0.29, 0.717) is 0 Å². The van der Waals surface area contributed by atoms with Gasteiger partial charge in [-0.2, -0.15) is 0 Å². The normalized spacial score (nSPS) is 10.8. The van der Waals surface area contributed by atoms with Crippen molar-refractivity contribution in [3.8, 4) is 11.3 Å². The largest absolute Gasteiger partial charge is 0.456 e. The molecule has 0 spiro atoms. The zero-order valence-corrected chi connectivity index (χ0v) is 10.6. The molecule has 0 amide bonds. The van der Waals surface area contributed by atoms with E-state index >= 15 is 0 Å². The molecule has 0 bridgehead atoms. The van der Waals surface area contributed by atoms with Crippen molar-refractivity contribution in [1.82, 2.24) is 0 Å². The highest BCUT2D eigenvalue weighted by atomic mass is 35.5. The Balaban J connectivity index is 2.42. The Labute approximate surface area is 117 Å². The van der Waals surface area contributed by atoms with E-state index in [0.717, 1.165) is 12.3 Å². The molecule has 0 aliphatic carbocycles. The molecule has 1 aromatic heterocycles. The molecule has 2 aromatic rings. The molecule has 20 heavy (non-hydrogen) atoms. The number of nitro groups is 2. The Hall–Kier alpha value is -2.67. The molecule has 0 fully saturated rings. The Morgan fingerprint density at radius 1 is 1.15 bits per heavy atom. The van der Waals surface area contributed by atoms with Gasteiger partial charge < -0.3 is 4.42 Å². The van der Waals surface area contributed by atoms with Crippen molar-refractivity contribution in [2.24, 2.45) is 0 Å². The van der Waals surface area contributed by atoms with Crippen LogP contribution in [0, 0.1) is 20.2 Å². The second-order valence-corrected chi connectivity index (χ2v) is 4.16. The van der Waals surface area contributed by atoms with Crippen LogP contribution in [0.3, 0.4) is 0 Å². The number of hydrogen-bond donors (Lipinski definition) is 0. The van der Waals surface area contributed by atoms with E-state index in [2.05, 4.69) is 0 Å². The summed E-state index contributed by atoms with van der Waals surface area (Å²) in [5.74, 6) is 0.456. The van der Waals surface area contributed by atoms with Crippen LogP contribution in [-0.4, -0.2) is 9.85 Å². The molecule has 0 N–H and O–H groups in total. The van der Waals surface area contributed by atoms with Crippen LogP contribution in [-0.2, 0) is 0 Å². The van der Waals surface area contributed by atoms with Crippen LogP contribution >= 0.6 is 11.6 Å². The Kier molecular flexibility index (Phi) is 3.81. The van der Waals surface area contributed by atoms with Gasteiger partial charge in [-0.3, -0.25) is 20.2 Å². The van der Waals surface area contributed by atoms with E-state index in [1.165, 1.54) is 30.3 Å². The number of furan rings is 1. The first kappa shape index (κ1) is 13.8. The molecule has 0 unspecified atom stereocenters. The summed E-state index contributed by atoms with van der Waals surface area (Å²) >= 11 is 5.72. The van der Waals surface area contributed by atoms with Crippen LogP contribution < -0.4 is 0 Å². The number of hydrogen-bond acceptors (Lipinski definition) is 5. The van der Waals surface area contributed by atoms with Gasteiger partial charge in [-0.05, 0) is 24.3 Å². The average Bonchev–Trinajstić information content (AvgIpc) is 2.84. The van der Waals surface area contributed by atoms with Gasteiger partial charge in [-0.1, -0.05) is 11.6 Å². The van der Waals surface area contributed by atoms with Gasteiger partial charge in [-0.25, -0.2) is 0 Å². The fraction of sp³-hybridized carbons (Fsp3) is 0. The fourth-order valence-corrected chi connectivity index (χ4v) is 1.75. The summed E-state index contributed by atoms with van der Waals surface area (Å²) < 4.78 is 5.31. The minimum atomic E-state index is -0.632. The zero-order valence-electron chi connectivity index (χ0n) is 9.86. The third-order valence-electron chi connectivity index (χ3n) is 2.41. The lowest BCUT2D eigenvalue weighted by Crippen LogP contribution is -1.91. The first-order chi connectivity index (χ1) is 9.47. The summed E-state index contributed by atoms with van der Waals surface area (Å²) in [5.41, 5.74) is 0.0526. The van der Waals surface area contributed by atoms with Crippen molar-refractivity contribution in [2.45, 2.75) is 0 Å². The molecular formula is C12H7ClN2O5. The number of rotatable bonds is 4. The second kappa shape index (κ2) is 5.54. The highest BCUT2D eigenvalue weighted by Crippen LogP contribution is 2.33. The molecule has 1 heterocycles. The van der Waals surface area contributed by atoms with Gasteiger partial charge in [0.1, 0.15) is 11.5 Å². The summed E-state index contributed by atoms with van der Waals surface area (Å²) in [6.45, 7) is 0. The number of nitrogens with zero attached hydrogens (tertiary/aromatic N) is 2. The van der Waals surface area contributed by atoms with E-state index in [1.807, 2.05) is 0 Å². The second-order valence-electron chi connectivity index (χ2n) is 3.72. The van der Waals surface area contributed by atoms with Crippen molar-refractivity contribution in [3.05, 3.63) is 67.5 Å². The third-order valence-corrected chi connectivity index (χ3v) is 2.64. The summed E-state index contributed by atoms with van der Waals surface area (Å²) in [5, 5.41) is 21.4. The molecule has 0 aliphatic heterocycles. The molecule has 0 saturated carbocycles. The molecule has 2 rings (SSSR count). The molecule has 1 aromatic carbocycles. The zero-order chi connectivity index (χ0) is 14.7. The standard InChI is InChI=1S/C12H7ClN2O5/c13-8-1-3-10(11(7-8)15(18)19)12-4-2-9(20-12)5-6-14(16)17/h1-7H/b6-5-. The highest BCUT2D eigenvalue weighted by molar-refractivity contribution is 6.30. The van der Waals surface area contributed by atoms with Gasteiger partial charge in [0.2, 0.25) is 6.20 Å². The lowest BCUT2D eigenvalue weighted by Gasteiger charge is -2.00. The summed E-state index contributed by atoms with van der Waals surface area (Å²) in [6, 6.07) is 7.15. The van der Waals surface area contributed by atoms with Crippen LogP contribution in [0.2, 0.25) is 5.02 Å². The molecule has 0 aliphatic rings. The van der Waals surface area contributed by atoms with Crippen molar-refractivity contribution in [3.63, 3.8) is 0 Å². The van der Waals surface area contributed by atoms with E-state index in [9.17, 15) is 20.2 Å². The molecule has 0 radical (unpaired) electrons. The molecule has 0 saturated heterocycles. The number of benzene rings is 1. The van der Waals surface area contributed by atoms with E-state index < -0.39 is 9.85 Å². The smallest absolute Gasteiger partial charge is 0.281 e. The number of nitro benzene ring substituents is 1. The van der Waals surface area contributed by atoms with Crippen LogP contribution in [0.15, 0.2) is 40.9 Å². The van der Waals surface area contributed by atoms with E-state index in [-0.39, 0.29) is 27.8 Å². The first-order valence-electron chi connectivity index (χ1n) is 5.33. The van der Waals surface area contributed by atoms with Crippen LogP contribution in [0.4, 0.5) is 5.69 Å². The van der Waals surface area contributed by atoms with Crippen LogP contribution in [0.5, 0.6) is 0 Å². The van der Waals surface area contributed by atoms with Gasteiger partial charge >= 0.3 is 0 Å². The maximum absolute atomic E-state index is 11.0. The van der Waals surface area contributed by atoms with Crippen molar-refractivity contribution in [2.75, 3.05) is 0 Å². The summed E-state index contributed by atoms with van der Waals surface area (Å²) in [6.07, 6.45) is 1.88. The summed E-state index contributed by atoms with van der Waals surface area (Å²) in [4.78, 5) is 20.0. The number of halogens is 1. The maximum atomic E-state index is 11.0. The van der Waals surface area contributed by atoms with Gasteiger partial charge in [0, 0.05) is 11.1 Å². The Morgan fingerprint density at radius 3 is 2.55 bits per heavy atom.